The molecule has 3 aliphatic heterocycles. The van der Waals surface area contributed by atoms with Gasteiger partial charge in [0.05, 0.1) is 30.8 Å². The fourth-order valence-electron chi connectivity index (χ4n) is 4.83. The van der Waals surface area contributed by atoms with Gasteiger partial charge in [0.2, 0.25) is 0 Å². The molecule has 0 bridgehead atoms. The topological polar surface area (TPSA) is 57.2 Å². The molecule has 27 heavy (non-hydrogen) atoms. The summed E-state index contributed by atoms with van der Waals surface area (Å²) < 4.78 is 24.8. The zero-order chi connectivity index (χ0) is 19.0. The zero-order valence-corrected chi connectivity index (χ0v) is 17.2. The molecule has 1 fully saturated rings. The van der Waals surface area contributed by atoms with E-state index in [0.29, 0.717) is 36.6 Å². The molecule has 1 aromatic carbocycles. The lowest BCUT2D eigenvalue weighted by Gasteiger charge is -2.40. The van der Waals surface area contributed by atoms with Crippen molar-refractivity contribution >= 4 is 21.8 Å². The predicted molar refractivity (Wildman–Crippen MR) is 101 cm³/mol. The molecule has 4 unspecified atom stereocenters. The zero-order valence-electron chi connectivity index (χ0n) is 15.6. The second kappa shape index (κ2) is 5.72. The van der Waals surface area contributed by atoms with Crippen molar-refractivity contribution < 1.29 is 23.7 Å². The SMILES string of the molecule is COc1cc(Br)c2c3c1OC1CC4(C=CC31CCN(C)C2=O)OCC(C)O4. The number of nitrogens with zero attached hydrogens (tertiary/aromatic N) is 1. The van der Waals surface area contributed by atoms with E-state index >= 15 is 0 Å². The van der Waals surface area contributed by atoms with Gasteiger partial charge in [-0.3, -0.25) is 4.79 Å². The second-order valence-corrected chi connectivity index (χ2v) is 8.71. The number of hydrogen-bond donors (Lipinski definition) is 0. The Morgan fingerprint density at radius 3 is 2.89 bits per heavy atom. The van der Waals surface area contributed by atoms with Crippen molar-refractivity contribution in [3.63, 3.8) is 0 Å². The molecule has 4 aliphatic rings. The number of carbonyl (C=O) groups excluding carboxylic acids is 1. The van der Waals surface area contributed by atoms with E-state index in [4.69, 9.17) is 18.9 Å². The predicted octanol–water partition coefficient (Wildman–Crippen LogP) is 3.02. The van der Waals surface area contributed by atoms with Crippen LogP contribution in [0.15, 0.2) is 22.7 Å². The molecule has 2 spiro atoms. The van der Waals surface area contributed by atoms with Crippen molar-refractivity contribution in [1.82, 2.24) is 4.90 Å². The van der Waals surface area contributed by atoms with Crippen LogP contribution in [0.25, 0.3) is 0 Å². The maximum atomic E-state index is 13.1. The third-order valence-corrected chi connectivity index (χ3v) is 6.83. The Kier molecular flexibility index (Phi) is 3.71. The van der Waals surface area contributed by atoms with Crippen molar-refractivity contribution in [3.8, 4) is 11.5 Å². The molecule has 1 aromatic rings. The molecule has 5 rings (SSSR count). The molecular formula is C20H22BrNO5. The smallest absolute Gasteiger partial charge is 0.255 e. The number of rotatable bonds is 1. The Labute approximate surface area is 166 Å². The molecule has 0 aromatic heterocycles. The number of benzene rings is 1. The highest BCUT2D eigenvalue weighted by atomic mass is 79.9. The Morgan fingerprint density at radius 2 is 2.19 bits per heavy atom. The van der Waals surface area contributed by atoms with Gasteiger partial charge in [0.1, 0.15) is 6.10 Å². The van der Waals surface area contributed by atoms with Crippen LogP contribution in [-0.2, 0) is 14.9 Å². The van der Waals surface area contributed by atoms with Crippen molar-refractivity contribution in [1.29, 1.82) is 0 Å². The fraction of sp³-hybridized carbons (Fsp3) is 0.550. The fourth-order valence-corrected chi connectivity index (χ4v) is 5.41. The van der Waals surface area contributed by atoms with Gasteiger partial charge in [-0.25, -0.2) is 0 Å². The van der Waals surface area contributed by atoms with E-state index in [1.165, 1.54) is 0 Å². The molecular weight excluding hydrogens is 414 g/mol. The standard InChI is InChI=1S/C20H22BrNO5/c1-11-10-25-20(27-11)5-4-19-6-7-22(2)18(23)15-12(21)8-13(24-3)17(16(15)19)26-14(19)9-20/h4-5,8,11,14H,6-7,9-10H2,1-3H3. The monoisotopic (exact) mass is 435 g/mol. The molecule has 0 radical (unpaired) electrons. The number of methoxy groups -OCH3 is 1. The molecule has 3 heterocycles. The summed E-state index contributed by atoms with van der Waals surface area (Å²) in [5.74, 6) is 0.551. The molecule has 144 valence electrons. The second-order valence-electron chi connectivity index (χ2n) is 7.85. The van der Waals surface area contributed by atoms with E-state index in [2.05, 4.69) is 22.0 Å². The number of carbonyl (C=O) groups is 1. The molecule has 0 saturated carbocycles. The number of halogens is 1. The summed E-state index contributed by atoms with van der Waals surface area (Å²) >= 11 is 3.59. The van der Waals surface area contributed by atoms with Gasteiger partial charge in [-0.05, 0) is 41.4 Å². The van der Waals surface area contributed by atoms with Gasteiger partial charge in [0.15, 0.2) is 17.3 Å². The van der Waals surface area contributed by atoms with Crippen LogP contribution < -0.4 is 9.47 Å². The van der Waals surface area contributed by atoms with E-state index in [-0.39, 0.29) is 18.1 Å². The van der Waals surface area contributed by atoms with E-state index < -0.39 is 11.2 Å². The highest BCUT2D eigenvalue weighted by molar-refractivity contribution is 9.10. The van der Waals surface area contributed by atoms with Crippen LogP contribution in [0.5, 0.6) is 11.5 Å². The van der Waals surface area contributed by atoms with Crippen molar-refractivity contribution in [2.45, 2.75) is 43.2 Å². The molecule has 1 saturated heterocycles. The Bertz CT molecular complexity index is 870. The summed E-state index contributed by atoms with van der Waals surface area (Å²) in [6.45, 7) is 3.23. The van der Waals surface area contributed by atoms with Crippen LogP contribution in [0.1, 0.15) is 35.7 Å². The van der Waals surface area contributed by atoms with Crippen LogP contribution >= 0.6 is 15.9 Å². The Morgan fingerprint density at radius 1 is 1.37 bits per heavy atom. The first-order chi connectivity index (χ1) is 12.9. The number of amides is 1. The third kappa shape index (κ3) is 2.28. The first kappa shape index (κ1) is 17.5. The molecule has 1 amide bonds. The largest absolute Gasteiger partial charge is 0.493 e. The average Bonchev–Trinajstić information content (AvgIpc) is 3.13. The lowest BCUT2D eigenvalue weighted by atomic mass is 9.68. The minimum atomic E-state index is -0.746. The summed E-state index contributed by atoms with van der Waals surface area (Å²) in [5, 5.41) is 0. The van der Waals surface area contributed by atoms with Gasteiger partial charge in [-0.1, -0.05) is 6.08 Å². The van der Waals surface area contributed by atoms with Crippen LogP contribution in [0.4, 0.5) is 0 Å². The van der Waals surface area contributed by atoms with E-state index in [1.807, 2.05) is 26.1 Å². The van der Waals surface area contributed by atoms with Gasteiger partial charge < -0.3 is 23.8 Å². The van der Waals surface area contributed by atoms with Crippen LogP contribution in [0.2, 0.25) is 0 Å². The maximum absolute atomic E-state index is 13.1. The third-order valence-electron chi connectivity index (χ3n) is 6.21. The quantitative estimate of drug-likeness (QED) is 0.634. The summed E-state index contributed by atoms with van der Waals surface area (Å²) in [7, 11) is 3.47. The van der Waals surface area contributed by atoms with Gasteiger partial charge in [-0.15, -0.1) is 0 Å². The summed E-state index contributed by atoms with van der Waals surface area (Å²) in [5.41, 5.74) is 1.19. The van der Waals surface area contributed by atoms with Crippen LogP contribution in [0.3, 0.4) is 0 Å². The van der Waals surface area contributed by atoms with E-state index in [1.54, 1.807) is 12.0 Å². The molecule has 7 heteroatoms. The molecule has 1 aliphatic carbocycles. The van der Waals surface area contributed by atoms with Crippen LogP contribution in [-0.4, -0.2) is 56.1 Å². The molecule has 0 N–H and O–H groups in total. The average molecular weight is 436 g/mol. The molecule has 4 atom stereocenters. The van der Waals surface area contributed by atoms with Crippen molar-refractivity contribution in [3.05, 3.63) is 33.8 Å². The summed E-state index contributed by atoms with van der Waals surface area (Å²) in [4.78, 5) is 14.9. The highest BCUT2D eigenvalue weighted by Gasteiger charge is 2.58. The Hall–Kier alpha value is -1.57. The van der Waals surface area contributed by atoms with E-state index in [9.17, 15) is 4.79 Å². The highest BCUT2D eigenvalue weighted by Crippen LogP contribution is 2.58. The Balaban J connectivity index is 1.72. The lowest BCUT2D eigenvalue weighted by molar-refractivity contribution is -0.154. The first-order valence-electron chi connectivity index (χ1n) is 9.24. The minimum absolute atomic E-state index is 0.00224. The summed E-state index contributed by atoms with van der Waals surface area (Å²) in [6, 6.07) is 1.82. The summed E-state index contributed by atoms with van der Waals surface area (Å²) in [6.07, 6.45) is 5.41. The van der Waals surface area contributed by atoms with Gasteiger partial charge in [0, 0.05) is 30.0 Å². The first-order valence-corrected chi connectivity index (χ1v) is 10.0. The lowest BCUT2D eigenvalue weighted by Crippen LogP contribution is -2.48. The van der Waals surface area contributed by atoms with Crippen molar-refractivity contribution in [2.75, 3.05) is 27.3 Å². The van der Waals surface area contributed by atoms with Crippen molar-refractivity contribution in [2.24, 2.45) is 0 Å². The normalized spacial score (nSPS) is 36.4. The number of ether oxygens (including phenoxy) is 4. The maximum Gasteiger partial charge on any atom is 0.255 e. The minimum Gasteiger partial charge on any atom is -0.493 e. The van der Waals surface area contributed by atoms with Crippen LogP contribution in [0, 0.1) is 0 Å². The van der Waals surface area contributed by atoms with Gasteiger partial charge >= 0.3 is 0 Å². The van der Waals surface area contributed by atoms with Gasteiger partial charge in [0.25, 0.3) is 5.91 Å². The number of hydrogen-bond acceptors (Lipinski definition) is 5. The van der Waals surface area contributed by atoms with Gasteiger partial charge in [-0.2, -0.15) is 0 Å². The molecule has 6 nitrogen and oxygen atoms in total. The van der Waals surface area contributed by atoms with E-state index in [0.717, 1.165) is 16.5 Å².